The summed E-state index contributed by atoms with van der Waals surface area (Å²) in [7, 11) is 5.45. The van der Waals surface area contributed by atoms with Crippen LogP contribution in [0.1, 0.15) is 36.0 Å². The monoisotopic (exact) mass is 587 g/mol. The first kappa shape index (κ1) is 27.3. The molecule has 0 bridgehead atoms. The molecule has 10 nitrogen and oxygen atoms in total. The Kier molecular flexibility index (Phi) is 6.17. The summed E-state index contributed by atoms with van der Waals surface area (Å²) in [6.07, 6.45) is 8.61. The summed E-state index contributed by atoms with van der Waals surface area (Å²) >= 11 is 0. The Bertz CT molecular complexity index is 2030. The lowest BCUT2D eigenvalue weighted by Crippen LogP contribution is -2.50. The summed E-state index contributed by atoms with van der Waals surface area (Å²) in [5, 5.41) is 13.3. The number of carboxylic acids is 1. The number of fused-ring (bicyclic) bond motifs is 4. The minimum Gasteiger partial charge on any atom is -0.477 e. The number of aromatic nitrogens is 4. The van der Waals surface area contributed by atoms with Crippen molar-refractivity contribution in [2.75, 3.05) is 43.9 Å². The fourth-order valence-electron chi connectivity index (χ4n) is 7.19. The number of halogens is 2. The molecule has 7 rings (SSSR count). The largest absolute Gasteiger partial charge is 0.477 e. The Labute approximate surface area is 244 Å². The third-order valence-electron chi connectivity index (χ3n) is 9.54. The fourth-order valence-corrected chi connectivity index (χ4v) is 7.19. The van der Waals surface area contributed by atoms with Crippen molar-refractivity contribution in [3.8, 4) is 11.1 Å². The molecule has 0 saturated carbocycles. The molecule has 5 aromatic rings. The van der Waals surface area contributed by atoms with E-state index in [0.29, 0.717) is 57.8 Å². The highest BCUT2D eigenvalue weighted by Crippen LogP contribution is 2.46. The van der Waals surface area contributed by atoms with E-state index in [9.17, 15) is 19.1 Å². The number of hydrogen-bond acceptors (Lipinski definition) is 7. The van der Waals surface area contributed by atoms with E-state index in [2.05, 4.69) is 37.1 Å². The van der Waals surface area contributed by atoms with Gasteiger partial charge in [0.05, 0.1) is 33.1 Å². The maximum Gasteiger partial charge on any atom is 0.341 e. The van der Waals surface area contributed by atoms with Gasteiger partial charge in [-0.2, -0.15) is 0 Å². The minimum atomic E-state index is -1.33. The number of carbonyl (C=O) groups is 1. The second-order valence-electron chi connectivity index (χ2n) is 11.7. The molecule has 1 aromatic carbocycles. The van der Waals surface area contributed by atoms with Crippen LogP contribution in [0, 0.1) is 11.6 Å². The highest BCUT2D eigenvalue weighted by atomic mass is 19.2. The number of nitrogens with zero attached hydrogens (tertiary/aromatic N) is 5. The Balaban J connectivity index is 1.50. The molecule has 0 amide bonds. The van der Waals surface area contributed by atoms with E-state index in [0.717, 1.165) is 38.3 Å². The first-order valence-corrected chi connectivity index (χ1v) is 14.3. The maximum absolute atomic E-state index is 15.7. The quantitative estimate of drug-likeness (QED) is 0.277. The standard InChI is InChI=1S/C31H31F2N7O3/c1-34-21-12-20(32)24(33)22-23-26(40-9-6-31(7-10-40)5-4-8-39(31)3)18(14-35-28(23)37-25(21)22)16-11-17-27(41)19(30(42)43)15-38(2)29(17)36-13-16/h11-15,34H,4-10H2,1-3H3,(H,35,37)(H,42,43). The maximum atomic E-state index is 15.7. The molecule has 0 aliphatic carbocycles. The van der Waals surface area contributed by atoms with Crippen LogP contribution in [-0.2, 0) is 7.05 Å². The predicted molar refractivity (Wildman–Crippen MR) is 162 cm³/mol. The number of pyridine rings is 3. The van der Waals surface area contributed by atoms with Gasteiger partial charge in [0, 0.05) is 68.5 Å². The van der Waals surface area contributed by atoms with Crippen molar-refractivity contribution in [1.29, 1.82) is 0 Å². The van der Waals surface area contributed by atoms with Crippen LogP contribution >= 0.6 is 0 Å². The Hall–Kier alpha value is -4.58. The van der Waals surface area contributed by atoms with Crippen LogP contribution in [0.4, 0.5) is 20.2 Å². The predicted octanol–water partition coefficient (Wildman–Crippen LogP) is 4.71. The number of hydrogen-bond donors (Lipinski definition) is 3. The molecule has 2 aliphatic rings. The van der Waals surface area contributed by atoms with Crippen molar-refractivity contribution in [2.24, 2.45) is 7.05 Å². The van der Waals surface area contributed by atoms with Gasteiger partial charge in [-0.3, -0.25) is 4.79 Å². The van der Waals surface area contributed by atoms with Gasteiger partial charge in [-0.25, -0.2) is 23.5 Å². The normalized spacial score (nSPS) is 17.1. The number of rotatable bonds is 4. The second kappa shape index (κ2) is 9.73. The molecule has 2 saturated heterocycles. The number of aromatic amines is 1. The zero-order chi connectivity index (χ0) is 30.2. The van der Waals surface area contributed by atoms with E-state index >= 15 is 4.39 Å². The second-order valence-corrected chi connectivity index (χ2v) is 11.7. The van der Waals surface area contributed by atoms with Gasteiger partial charge in [0.1, 0.15) is 16.9 Å². The molecule has 43 heavy (non-hydrogen) atoms. The number of anilines is 2. The highest BCUT2D eigenvalue weighted by Gasteiger charge is 2.42. The molecule has 0 unspecified atom stereocenters. The smallest absolute Gasteiger partial charge is 0.341 e. The van der Waals surface area contributed by atoms with Gasteiger partial charge in [-0.05, 0) is 45.3 Å². The van der Waals surface area contributed by atoms with Crippen LogP contribution in [0.3, 0.4) is 0 Å². The Morgan fingerprint density at radius 3 is 2.51 bits per heavy atom. The van der Waals surface area contributed by atoms with Crippen LogP contribution < -0.4 is 15.6 Å². The molecule has 3 N–H and O–H groups in total. The average Bonchev–Trinajstić information content (AvgIpc) is 3.57. The summed E-state index contributed by atoms with van der Waals surface area (Å²) in [5.74, 6) is -3.27. The molecule has 4 aromatic heterocycles. The van der Waals surface area contributed by atoms with Gasteiger partial charge in [0.15, 0.2) is 11.6 Å². The van der Waals surface area contributed by atoms with E-state index in [4.69, 9.17) is 0 Å². The van der Waals surface area contributed by atoms with Crippen molar-refractivity contribution in [3.05, 3.63) is 58.1 Å². The topological polar surface area (TPSA) is 119 Å². The lowest BCUT2D eigenvalue weighted by Gasteiger charge is -2.45. The molecule has 1 spiro atoms. The summed E-state index contributed by atoms with van der Waals surface area (Å²) < 4.78 is 32.1. The van der Waals surface area contributed by atoms with E-state index < -0.39 is 23.0 Å². The molecule has 12 heteroatoms. The number of likely N-dealkylation sites (tertiary alicyclic amines) is 1. The van der Waals surface area contributed by atoms with Crippen molar-refractivity contribution < 1.29 is 18.7 Å². The average molecular weight is 588 g/mol. The van der Waals surface area contributed by atoms with Crippen LogP contribution in [-0.4, -0.2) is 74.8 Å². The SMILES string of the molecule is CNc1cc(F)c(F)c2c1[nH]c1ncc(-c3cnc4c(c3)c(=O)c(C(=O)O)cn4C)c(N3CCC4(CCCN4C)CC3)c12. The van der Waals surface area contributed by atoms with Gasteiger partial charge in [-0.15, -0.1) is 0 Å². The van der Waals surface area contributed by atoms with E-state index in [1.54, 1.807) is 32.6 Å². The summed E-state index contributed by atoms with van der Waals surface area (Å²) in [6.45, 7) is 2.43. The number of benzene rings is 1. The van der Waals surface area contributed by atoms with Crippen LogP contribution in [0.15, 0.2) is 35.5 Å². The van der Waals surface area contributed by atoms with Crippen LogP contribution in [0.5, 0.6) is 0 Å². The van der Waals surface area contributed by atoms with Gasteiger partial charge < -0.3 is 29.8 Å². The van der Waals surface area contributed by atoms with E-state index in [1.807, 2.05) is 0 Å². The van der Waals surface area contributed by atoms with E-state index in [-0.39, 0.29) is 21.9 Å². The Morgan fingerprint density at radius 1 is 1.07 bits per heavy atom. The molecule has 6 heterocycles. The van der Waals surface area contributed by atoms with Crippen LogP contribution in [0.25, 0.3) is 44.1 Å². The molecular formula is C31H31F2N7O3. The third-order valence-corrected chi connectivity index (χ3v) is 9.54. The van der Waals surface area contributed by atoms with Gasteiger partial charge in [0.2, 0.25) is 5.43 Å². The lowest BCUT2D eigenvalue weighted by molar-refractivity contribution is 0.0695. The lowest BCUT2D eigenvalue weighted by atomic mass is 9.84. The van der Waals surface area contributed by atoms with Crippen LogP contribution in [0.2, 0.25) is 0 Å². The minimum absolute atomic E-state index is 0.0970. The molecule has 2 aliphatic heterocycles. The number of aryl methyl sites for hydroxylation is 1. The third kappa shape index (κ3) is 3.99. The summed E-state index contributed by atoms with van der Waals surface area (Å²) in [4.78, 5) is 42.0. The first-order valence-electron chi connectivity index (χ1n) is 14.3. The number of aromatic carboxylic acids is 1. The fraction of sp³-hybridized carbons (Fsp3) is 0.355. The van der Waals surface area contributed by atoms with Gasteiger partial charge >= 0.3 is 5.97 Å². The summed E-state index contributed by atoms with van der Waals surface area (Å²) in [6, 6.07) is 2.74. The van der Waals surface area contributed by atoms with E-state index in [1.165, 1.54) is 10.8 Å². The molecule has 0 radical (unpaired) electrons. The number of carboxylic acid groups (broad SMARTS) is 1. The molecule has 2 fully saturated rings. The Morgan fingerprint density at radius 2 is 1.84 bits per heavy atom. The van der Waals surface area contributed by atoms with Crippen molar-refractivity contribution in [1.82, 2.24) is 24.4 Å². The van der Waals surface area contributed by atoms with Crippen molar-refractivity contribution >= 4 is 50.3 Å². The van der Waals surface area contributed by atoms with Gasteiger partial charge in [0.25, 0.3) is 0 Å². The zero-order valence-corrected chi connectivity index (χ0v) is 24.1. The van der Waals surface area contributed by atoms with Gasteiger partial charge in [-0.1, -0.05) is 0 Å². The van der Waals surface area contributed by atoms with Crippen molar-refractivity contribution in [3.63, 3.8) is 0 Å². The number of nitrogens with one attached hydrogen (secondary N) is 2. The van der Waals surface area contributed by atoms with Crippen molar-refractivity contribution in [2.45, 2.75) is 31.2 Å². The summed E-state index contributed by atoms with van der Waals surface area (Å²) in [5.41, 5.74) is 2.44. The molecular weight excluding hydrogens is 556 g/mol. The number of H-pyrrole nitrogens is 1. The molecule has 222 valence electrons. The number of piperidine rings is 1. The first-order chi connectivity index (χ1) is 20.6. The zero-order valence-electron chi connectivity index (χ0n) is 24.1. The highest BCUT2D eigenvalue weighted by molar-refractivity contribution is 6.18. The molecule has 0 atom stereocenters.